The van der Waals surface area contributed by atoms with Crippen molar-refractivity contribution in [1.82, 2.24) is 4.98 Å². The van der Waals surface area contributed by atoms with Crippen molar-refractivity contribution in [1.29, 1.82) is 0 Å². The Morgan fingerprint density at radius 2 is 2.19 bits per heavy atom. The summed E-state index contributed by atoms with van der Waals surface area (Å²) < 4.78 is 40.4. The van der Waals surface area contributed by atoms with Crippen molar-refractivity contribution in [2.24, 2.45) is 11.7 Å². The molecule has 2 rings (SSSR count). The van der Waals surface area contributed by atoms with E-state index < -0.39 is 12.8 Å². The highest BCUT2D eigenvalue weighted by Gasteiger charge is 2.30. The van der Waals surface area contributed by atoms with E-state index in [0.717, 1.165) is 19.3 Å². The van der Waals surface area contributed by atoms with Gasteiger partial charge in [0.2, 0.25) is 11.8 Å². The van der Waals surface area contributed by atoms with Crippen molar-refractivity contribution >= 4 is 11.6 Å². The van der Waals surface area contributed by atoms with Crippen LogP contribution < -0.4 is 15.8 Å². The number of nitrogens with zero attached hydrogens (tertiary/aromatic N) is 1. The molecule has 1 saturated carbocycles. The number of ether oxygens (including phenoxy) is 1. The number of nitrogens with one attached hydrogen (secondary N) is 1. The van der Waals surface area contributed by atoms with Gasteiger partial charge in [-0.05, 0) is 18.9 Å². The number of carbonyl (C=O) groups is 1. The number of nitrogens with two attached hydrogens (primary N) is 1. The first-order chi connectivity index (χ1) is 9.85. The number of amides is 1. The monoisotopic (exact) mass is 303 g/mol. The molecule has 8 heteroatoms. The van der Waals surface area contributed by atoms with Crippen molar-refractivity contribution < 1.29 is 22.7 Å². The van der Waals surface area contributed by atoms with Crippen LogP contribution in [-0.2, 0) is 4.79 Å². The molecule has 1 fully saturated rings. The van der Waals surface area contributed by atoms with E-state index in [4.69, 9.17) is 5.73 Å². The van der Waals surface area contributed by atoms with Gasteiger partial charge in [0.25, 0.3) is 0 Å². The summed E-state index contributed by atoms with van der Waals surface area (Å²) in [6.45, 7) is -1.40. The predicted octanol–water partition coefficient (Wildman–Crippen LogP) is 2.09. The van der Waals surface area contributed by atoms with Crippen molar-refractivity contribution in [2.75, 3.05) is 11.9 Å². The molecule has 1 aliphatic carbocycles. The van der Waals surface area contributed by atoms with Crippen LogP contribution >= 0.6 is 0 Å². The Balaban J connectivity index is 1.89. The van der Waals surface area contributed by atoms with E-state index in [0.29, 0.717) is 5.69 Å². The molecule has 1 aromatic heterocycles. The van der Waals surface area contributed by atoms with Gasteiger partial charge < -0.3 is 15.8 Å². The van der Waals surface area contributed by atoms with Crippen molar-refractivity contribution in [2.45, 2.75) is 31.5 Å². The van der Waals surface area contributed by atoms with E-state index in [1.54, 1.807) is 0 Å². The summed E-state index contributed by atoms with van der Waals surface area (Å²) >= 11 is 0. The van der Waals surface area contributed by atoms with E-state index >= 15 is 0 Å². The first kappa shape index (κ1) is 15.6. The quantitative estimate of drug-likeness (QED) is 0.893. The van der Waals surface area contributed by atoms with Crippen LogP contribution in [0, 0.1) is 5.92 Å². The number of pyridine rings is 1. The van der Waals surface area contributed by atoms with E-state index in [2.05, 4.69) is 15.0 Å². The summed E-state index contributed by atoms with van der Waals surface area (Å²) in [6.07, 6.45) is -0.674. The Hall–Kier alpha value is -1.83. The molecule has 0 aliphatic heterocycles. The van der Waals surface area contributed by atoms with Crippen LogP contribution in [0.25, 0.3) is 0 Å². The summed E-state index contributed by atoms with van der Waals surface area (Å²) in [5.41, 5.74) is 6.24. The zero-order valence-corrected chi connectivity index (χ0v) is 11.2. The predicted molar refractivity (Wildman–Crippen MR) is 69.7 cm³/mol. The second-order valence-electron chi connectivity index (χ2n) is 4.98. The Bertz CT molecular complexity index is 490. The van der Waals surface area contributed by atoms with Crippen LogP contribution in [0.2, 0.25) is 0 Å². The lowest BCUT2D eigenvalue weighted by molar-refractivity contribution is -0.154. The second kappa shape index (κ2) is 6.30. The molecule has 0 spiro atoms. The van der Waals surface area contributed by atoms with Crippen molar-refractivity contribution in [3.8, 4) is 5.88 Å². The maximum Gasteiger partial charge on any atom is 0.422 e. The lowest BCUT2D eigenvalue weighted by atomic mass is 10.0. The number of rotatable bonds is 4. The smallest absolute Gasteiger partial charge is 0.422 e. The first-order valence-corrected chi connectivity index (χ1v) is 6.57. The standard InChI is InChI=1S/C13H16F3N3O2/c14-13(15,16)7-21-11-5-4-8(6-18-11)19-12(20)9-2-1-3-10(9)17/h4-6,9-10H,1-3,7,17H2,(H,19,20). The minimum absolute atomic E-state index is 0.146. The highest BCUT2D eigenvalue weighted by atomic mass is 19.4. The molecular weight excluding hydrogens is 287 g/mol. The largest absolute Gasteiger partial charge is 0.468 e. The molecule has 1 aliphatic rings. The summed E-state index contributed by atoms with van der Waals surface area (Å²) in [7, 11) is 0. The highest BCUT2D eigenvalue weighted by molar-refractivity contribution is 5.93. The van der Waals surface area contributed by atoms with Gasteiger partial charge in [-0.25, -0.2) is 4.98 Å². The van der Waals surface area contributed by atoms with E-state index in [-0.39, 0.29) is 23.7 Å². The molecule has 21 heavy (non-hydrogen) atoms. The van der Waals surface area contributed by atoms with E-state index in [9.17, 15) is 18.0 Å². The van der Waals surface area contributed by atoms with E-state index in [1.807, 2.05) is 0 Å². The van der Waals surface area contributed by atoms with Crippen LogP contribution in [-0.4, -0.2) is 29.7 Å². The van der Waals surface area contributed by atoms with Gasteiger partial charge >= 0.3 is 6.18 Å². The molecule has 1 heterocycles. The SMILES string of the molecule is NC1CCCC1C(=O)Nc1ccc(OCC(F)(F)F)nc1. The summed E-state index contributed by atoms with van der Waals surface area (Å²) in [4.78, 5) is 15.7. The molecule has 0 aromatic carbocycles. The van der Waals surface area contributed by atoms with Crippen LogP contribution in [0.3, 0.4) is 0 Å². The fourth-order valence-corrected chi connectivity index (χ4v) is 2.24. The molecule has 116 valence electrons. The number of hydrogen-bond donors (Lipinski definition) is 2. The highest BCUT2D eigenvalue weighted by Crippen LogP contribution is 2.25. The van der Waals surface area contributed by atoms with Gasteiger partial charge in [0, 0.05) is 12.1 Å². The Kier molecular flexibility index (Phi) is 4.66. The Morgan fingerprint density at radius 1 is 1.43 bits per heavy atom. The van der Waals surface area contributed by atoms with Gasteiger partial charge in [0.15, 0.2) is 6.61 Å². The zero-order valence-electron chi connectivity index (χ0n) is 11.2. The van der Waals surface area contributed by atoms with Crippen molar-refractivity contribution in [3.05, 3.63) is 18.3 Å². The molecule has 2 atom stereocenters. The molecule has 1 aromatic rings. The summed E-state index contributed by atoms with van der Waals surface area (Å²) in [5.74, 6) is -0.570. The fraction of sp³-hybridized carbons (Fsp3) is 0.538. The molecule has 0 bridgehead atoms. The van der Waals surface area contributed by atoms with Gasteiger partial charge in [-0.2, -0.15) is 13.2 Å². The Morgan fingerprint density at radius 3 is 2.71 bits per heavy atom. The van der Waals surface area contributed by atoms with Gasteiger partial charge in [-0.1, -0.05) is 6.42 Å². The lowest BCUT2D eigenvalue weighted by Crippen LogP contribution is -2.34. The van der Waals surface area contributed by atoms with Crippen LogP contribution in [0.15, 0.2) is 18.3 Å². The molecular formula is C13H16F3N3O2. The fourth-order valence-electron chi connectivity index (χ4n) is 2.24. The average Bonchev–Trinajstić information content (AvgIpc) is 2.83. The third kappa shape index (κ3) is 4.59. The lowest BCUT2D eigenvalue weighted by Gasteiger charge is -2.15. The third-order valence-electron chi connectivity index (χ3n) is 3.29. The topological polar surface area (TPSA) is 77.2 Å². The van der Waals surface area contributed by atoms with E-state index in [1.165, 1.54) is 18.3 Å². The summed E-state index contributed by atoms with van der Waals surface area (Å²) in [6, 6.07) is 2.57. The number of alkyl halides is 3. The first-order valence-electron chi connectivity index (χ1n) is 6.57. The van der Waals surface area contributed by atoms with Crippen LogP contribution in [0.1, 0.15) is 19.3 Å². The molecule has 2 unspecified atom stereocenters. The number of hydrogen-bond acceptors (Lipinski definition) is 4. The summed E-state index contributed by atoms with van der Waals surface area (Å²) in [5, 5.41) is 2.65. The molecule has 0 radical (unpaired) electrons. The van der Waals surface area contributed by atoms with Crippen LogP contribution in [0.5, 0.6) is 5.88 Å². The minimum Gasteiger partial charge on any atom is -0.468 e. The average molecular weight is 303 g/mol. The van der Waals surface area contributed by atoms with Gasteiger partial charge in [0.1, 0.15) is 0 Å². The number of aromatic nitrogens is 1. The molecule has 0 saturated heterocycles. The maximum absolute atomic E-state index is 12.0. The minimum atomic E-state index is -4.41. The molecule has 3 N–H and O–H groups in total. The second-order valence-corrected chi connectivity index (χ2v) is 4.98. The number of anilines is 1. The Labute approximate surface area is 119 Å². The molecule has 5 nitrogen and oxygen atoms in total. The van der Waals surface area contributed by atoms with Crippen molar-refractivity contribution in [3.63, 3.8) is 0 Å². The maximum atomic E-state index is 12.0. The normalized spacial score (nSPS) is 22.1. The number of halogens is 3. The van der Waals surface area contributed by atoms with Crippen LogP contribution in [0.4, 0.5) is 18.9 Å². The van der Waals surface area contributed by atoms with Gasteiger partial charge in [0.05, 0.1) is 17.8 Å². The third-order valence-corrected chi connectivity index (χ3v) is 3.29. The van der Waals surface area contributed by atoms with Gasteiger partial charge in [-0.15, -0.1) is 0 Å². The number of carbonyl (C=O) groups excluding carboxylic acids is 1. The molecule has 1 amide bonds. The van der Waals surface area contributed by atoms with Gasteiger partial charge in [-0.3, -0.25) is 4.79 Å². The zero-order chi connectivity index (χ0) is 15.5.